The molecule has 0 saturated heterocycles. The van der Waals surface area contributed by atoms with Gasteiger partial charge in [0.25, 0.3) is 0 Å². The number of ether oxygens (including phenoxy) is 1. The third-order valence-electron chi connectivity index (χ3n) is 7.95. The summed E-state index contributed by atoms with van der Waals surface area (Å²) >= 11 is 0. The van der Waals surface area contributed by atoms with E-state index in [0.717, 1.165) is 61.8 Å². The van der Waals surface area contributed by atoms with Gasteiger partial charge >= 0.3 is 0 Å². The van der Waals surface area contributed by atoms with Gasteiger partial charge in [-0.3, -0.25) is 4.57 Å². The van der Waals surface area contributed by atoms with Gasteiger partial charge in [-0.1, -0.05) is 41.5 Å². The van der Waals surface area contributed by atoms with Crippen LogP contribution < -0.4 is 4.74 Å². The summed E-state index contributed by atoms with van der Waals surface area (Å²) in [6.07, 6.45) is 1.87. The van der Waals surface area contributed by atoms with Crippen molar-refractivity contribution < 1.29 is 4.74 Å². The maximum Gasteiger partial charge on any atom is 0.137 e. The van der Waals surface area contributed by atoms with Gasteiger partial charge in [-0.05, 0) is 96.5 Å². The Hall–Kier alpha value is -4.89. The molecule has 216 valence electrons. The summed E-state index contributed by atoms with van der Waals surface area (Å²) in [6.45, 7) is 17.3. The fourth-order valence-electron chi connectivity index (χ4n) is 5.61. The van der Waals surface area contributed by atoms with Crippen LogP contribution in [0.5, 0.6) is 11.5 Å². The molecular formula is C37H37N5O. The van der Waals surface area contributed by atoms with Gasteiger partial charge in [0.2, 0.25) is 0 Å². The Kier molecular flexibility index (Phi) is 6.65. The van der Waals surface area contributed by atoms with Crippen molar-refractivity contribution in [2.75, 3.05) is 0 Å². The molecule has 0 unspecified atom stereocenters. The molecule has 3 aromatic carbocycles. The molecule has 3 heterocycles. The second-order valence-electron chi connectivity index (χ2n) is 13.4. The summed E-state index contributed by atoms with van der Waals surface area (Å²) in [6, 6.07) is 26.9. The van der Waals surface area contributed by atoms with Crippen LogP contribution in [0.25, 0.3) is 33.3 Å². The normalized spacial score (nSPS) is 12.2. The predicted octanol–water partition coefficient (Wildman–Crippen LogP) is 9.24. The van der Waals surface area contributed by atoms with Crippen molar-refractivity contribution in [1.29, 1.82) is 5.26 Å². The number of aromatic nitrogens is 4. The number of benzene rings is 3. The minimum absolute atomic E-state index is 0.0278. The minimum Gasteiger partial charge on any atom is -0.457 e. The fraction of sp³-hybridized carbons (Fsp3) is 0.270. The van der Waals surface area contributed by atoms with Crippen LogP contribution in [0.1, 0.15) is 69.6 Å². The molecule has 0 fully saturated rings. The van der Waals surface area contributed by atoms with E-state index in [9.17, 15) is 5.26 Å². The van der Waals surface area contributed by atoms with Crippen LogP contribution in [0.15, 0.2) is 79.0 Å². The molecule has 0 aliphatic carbocycles. The molecule has 3 aromatic heterocycles. The van der Waals surface area contributed by atoms with Crippen LogP contribution in [0.2, 0.25) is 0 Å². The van der Waals surface area contributed by atoms with Gasteiger partial charge in [0.1, 0.15) is 17.3 Å². The van der Waals surface area contributed by atoms with E-state index in [0.29, 0.717) is 5.56 Å². The van der Waals surface area contributed by atoms with Crippen molar-refractivity contribution >= 4 is 21.8 Å². The van der Waals surface area contributed by atoms with Gasteiger partial charge in [-0.25, -0.2) is 9.67 Å². The predicted molar refractivity (Wildman–Crippen MR) is 174 cm³/mol. The molecule has 6 nitrogen and oxygen atoms in total. The molecule has 0 aliphatic heterocycles. The minimum atomic E-state index is -0.0806. The Bertz CT molecular complexity index is 2060. The highest BCUT2D eigenvalue weighted by Crippen LogP contribution is 2.37. The molecule has 0 saturated carbocycles. The number of nitriles is 1. The third kappa shape index (κ3) is 5.28. The van der Waals surface area contributed by atoms with E-state index in [1.165, 1.54) is 5.56 Å². The monoisotopic (exact) mass is 567 g/mol. The van der Waals surface area contributed by atoms with Crippen LogP contribution in [0, 0.1) is 25.2 Å². The summed E-state index contributed by atoms with van der Waals surface area (Å²) in [5, 5.41) is 16.4. The highest BCUT2D eigenvalue weighted by molar-refractivity contribution is 6.09. The van der Waals surface area contributed by atoms with Crippen LogP contribution in [0.3, 0.4) is 0 Å². The molecule has 6 heteroatoms. The summed E-state index contributed by atoms with van der Waals surface area (Å²) in [5.74, 6) is 2.29. The number of pyridine rings is 1. The first kappa shape index (κ1) is 28.2. The maximum absolute atomic E-state index is 9.63. The zero-order valence-electron chi connectivity index (χ0n) is 26.1. The number of fused-ring (bicyclic) bond motifs is 3. The molecule has 0 bridgehead atoms. The van der Waals surface area contributed by atoms with E-state index < -0.39 is 0 Å². The second kappa shape index (κ2) is 10.1. The molecule has 6 aromatic rings. The first-order valence-electron chi connectivity index (χ1n) is 14.6. The van der Waals surface area contributed by atoms with Gasteiger partial charge in [-0.2, -0.15) is 10.4 Å². The lowest BCUT2D eigenvalue weighted by atomic mass is 9.86. The number of hydrogen-bond donors (Lipinski definition) is 0. The van der Waals surface area contributed by atoms with Gasteiger partial charge < -0.3 is 4.74 Å². The Balaban J connectivity index is 1.53. The van der Waals surface area contributed by atoms with Crippen molar-refractivity contribution in [3.8, 4) is 29.1 Å². The summed E-state index contributed by atoms with van der Waals surface area (Å²) in [7, 11) is 0. The van der Waals surface area contributed by atoms with E-state index in [-0.39, 0.29) is 10.8 Å². The topological polar surface area (TPSA) is 68.7 Å². The van der Waals surface area contributed by atoms with Crippen LogP contribution in [0.4, 0.5) is 0 Å². The van der Waals surface area contributed by atoms with E-state index in [2.05, 4.69) is 102 Å². The lowest BCUT2D eigenvalue weighted by molar-refractivity contribution is 0.478. The maximum atomic E-state index is 9.63. The van der Waals surface area contributed by atoms with E-state index in [1.807, 2.05) is 48.1 Å². The molecule has 0 amide bonds. The molecule has 43 heavy (non-hydrogen) atoms. The lowest BCUT2D eigenvalue weighted by Crippen LogP contribution is -2.12. The lowest BCUT2D eigenvalue weighted by Gasteiger charge is -2.22. The summed E-state index contributed by atoms with van der Waals surface area (Å²) in [5.41, 5.74) is 7.85. The van der Waals surface area contributed by atoms with Crippen LogP contribution in [-0.2, 0) is 10.8 Å². The Morgan fingerprint density at radius 1 is 0.721 bits per heavy atom. The smallest absolute Gasteiger partial charge is 0.137 e. The molecule has 0 N–H and O–H groups in total. The quantitative estimate of drug-likeness (QED) is 0.213. The van der Waals surface area contributed by atoms with Gasteiger partial charge in [-0.15, -0.1) is 0 Å². The van der Waals surface area contributed by atoms with Crippen molar-refractivity contribution in [2.24, 2.45) is 0 Å². The standard InChI is InChI=1S/C37H37N5O/c1-23-15-24(2)42(40-23)28-17-27(37(6,7)8)18-30(20-28)43-29-10-11-31-32-16-25(22-38)9-12-33(32)41(34(31)21-29)35-19-26(13-14-39-35)36(3,4)5/h9-21H,1-8H3. The molecule has 6 rings (SSSR count). The summed E-state index contributed by atoms with van der Waals surface area (Å²) in [4.78, 5) is 4.79. The number of rotatable bonds is 4. The fourth-order valence-corrected chi connectivity index (χ4v) is 5.61. The van der Waals surface area contributed by atoms with Crippen molar-refractivity contribution in [3.63, 3.8) is 0 Å². The zero-order valence-corrected chi connectivity index (χ0v) is 26.1. The first-order valence-corrected chi connectivity index (χ1v) is 14.6. The average Bonchev–Trinajstić information content (AvgIpc) is 3.46. The number of nitrogens with zero attached hydrogens (tertiary/aromatic N) is 5. The van der Waals surface area contributed by atoms with Crippen LogP contribution in [-0.4, -0.2) is 19.3 Å². The molecule has 0 spiro atoms. The first-order chi connectivity index (χ1) is 20.3. The zero-order chi connectivity index (χ0) is 30.7. The Morgan fingerprint density at radius 3 is 2.16 bits per heavy atom. The van der Waals surface area contributed by atoms with Crippen molar-refractivity contribution in [1.82, 2.24) is 19.3 Å². The average molecular weight is 568 g/mol. The van der Waals surface area contributed by atoms with Gasteiger partial charge in [0.05, 0.1) is 34.0 Å². The largest absolute Gasteiger partial charge is 0.457 e. The Morgan fingerprint density at radius 2 is 1.49 bits per heavy atom. The van der Waals surface area contributed by atoms with Crippen LogP contribution >= 0.6 is 0 Å². The number of aryl methyl sites for hydroxylation is 2. The van der Waals surface area contributed by atoms with Gasteiger partial charge in [0.15, 0.2) is 0 Å². The molecule has 0 radical (unpaired) electrons. The SMILES string of the molecule is Cc1cc(C)n(-c2cc(Oc3ccc4c5cc(C#N)ccc5n(-c5cc(C(C)(C)C)ccn5)c4c3)cc(C(C)(C)C)c2)n1. The number of hydrogen-bond acceptors (Lipinski definition) is 4. The molecule has 0 aliphatic rings. The van der Waals surface area contributed by atoms with Gasteiger partial charge in [0, 0.05) is 34.8 Å². The Labute approximate surface area is 253 Å². The second-order valence-corrected chi connectivity index (χ2v) is 13.4. The van der Waals surface area contributed by atoms with Crippen molar-refractivity contribution in [3.05, 3.63) is 107 Å². The third-order valence-corrected chi connectivity index (χ3v) is 7.95. The molecule has 0 atom stereocenters. The van der Waals surface area contributed by atoms with E-state index in [1.54, 1.807) is 0 Å². The van der Waals surface area contributed by atoms with Crippen molar-refractivity contribution in [2.45, 2.75) is 66.2 Å². The highest BCUT2D eigenvalue weighted by Gasteiger charge is 2.20. The summed E-state index contributed by atoms with van der Waals surface area (Å²) < 4.78 is 10.8. The van der Waals surface area contributed by atoms with E-state index >= 15 is 0 Å². The van der Waals surface area contributed by atoms with E-state index in [4.69, 9.17) is 14.8 Å². The highest BCUT2D eigenvalue weighted by atomic mass is 16.5. The molecular weight excluding hydrogens is 530 g/mol.